The molecule has 5 heteroatoms. The molecule has 106 valence electrons. The van der Waals surface area contributed by atoms with Gasteiger partial charge in [-0.1, -0.05) is 19.6 Å². The Bertz CT molecular complexity index is 257. The van der Waals surface area contributed by atoms with Crippen LogP contribution in [0.5, 0.6) is 0 Å². The summed E-state index contributed by atoms with van der Waals surface area (Å²) in [5, 5.41) is 12.0. The number of ether oxygens (including phenoxy) is 1. The SMILES string of the molecule is C[Si](C)(C)CCOC(=O)NC1CCC(CO)CC1. The lowest BCUT2D eigenvalue weighted by molar-refractivity contribution is 0.136. The minimum atomic E-state index is -1.12. The summed E-state index contributed by atoms with van der Waals surface area (Å²) < 4.78 is 5.21. The fourth-order valence-corrected chi connectivity index (χ4v) is 2.86. The molecule has 18 heavy (non-hydrogen) atoms. The molecule has 0 heterocycles. The van der Waals surface area contributed by atoms with E-state index in [2.05, 4.69) is 25.0 Å². The van der Waals surface area contributed by atoms with Crippen LogP contribution in [0.4, 0.5) is 4.79 Å². The summed E-state index contributed by atoms with van der Waals surface area (Å²) in [6.07, 6.45) is 3.62. The number of amides is 1. The number of hydrogen-bond donors (Lipinski definition) is 2. The number of hydrogen-bond acceptors (Lipinski definition) is 3. The van der Waals surface area contributed by atoms with Crippen LogP contribution in [0.25, 0.3) is 0 Å². The van der Waals surface area contributed by atoms with Gasteiger partial charge < -0.3 is 15.2 Å². The lowest BCUT2D eigenvalue weighted by atomic mass is 9.87. The highest BCUT2D eigenvalue weighted by atomic mass is 28.3. The predicted octanol–water partition coefficient (Wildman–Crippen LogP) is 2.60. The number of alkyl carbamates (subject to hydrolysis) is 1. The Kier molecular flexibility index (Phi) is 6.15. The van der Waals surface area contributed by atoms with Gasteiger partial charge in [-0.05, 0) is 37.6 Å². The second-order valence-electron chi connectivity index (χ2n) is 6.49. The van der Waals surface area contributed by atoms with Gasteiger partial charge in [0.05, 0.1) is 6.61 Å². The standard InChI is InChI=1S/C13H27NO3Si/c1-18(2,3)9-8-17-13(16)14-12-6-4-11(10-15)5-7-12/h11-12,15H,4-10H2,1-3H3,(H,14,16). The second-order valence-corrected chi connectivity index (χ2v) is 12.1. The number of aliphatic hydroxyl groups excluding tert-OH is 1. The first-order valence-electron chi connectivity index (χ1n) is 6.95. The van der Waals surface area contributed by atoms with Gasteiger partial charge in [-0.3, -0.25) is 0 Å². The quantitative estimate of drug-likeness (QED) is 0.757. The van der Waals surface area contributed by atoms with Crippen LogP contribution in [0.3, 0.4) is 0 Å². The monoisotopic (exact) mass is 273 g/mol. The fraction of sp³-hybridized carbons (Fsp3) is 0.923. The van der Waals surface area contributed by atoms with Gasteiger partial charge in [0.1, 0.15) is 0 Å². The first-order valence-corrected chi connectivity index (χ1v) is 10.7. The van der Waals surface area contributed by atoms with Gasteiger partial charge in [0.15, 0.2) is 0 Å². The molecule has 1 aliphatic rings. The van der Waals surface area contributed by atoms with Crippen molar-refractivity contribution in [2.75, 3.05) is 13.2 Å². The van der Waals surface area contributed by atoms with E-state index in [4.69, 9.17) is 9.84 Å². The first-order chi connectivity index (χ1) is 8.40. The van der Waals surface area contributed by atoms with Crippen molar-refractivity contribution in [3.05, 3.63) is 0 Å². The average Bonchev–Trinajstić information content (AvgIpc) is 2.28. The molecule has 4 nitrogen and oxygen atoms in total. The summed E-state index contributed by atoms with van der Waals surface area (Å²) in [7, 11) is -1.12. The molecule has 1 amide bonds. The van der Waals surface area contributed by atoms with Crippen molar-refractivity contribution in [2.24, 2.45) is 5.92 Å². The van der Waals surface area contributed by atoms with Gasteiger partial charge in [0, 0.05) is 20.7 Å². The summed E-state index contributed by atoms with van der Waals surface area (Å²) in [5.74, 6) is 0.422. The fourth-order valence-electron chi connectivity index (χ4n) is 2.15. The van der Waals surface area contributed by atoms with E-state index in [9.17, 15) is 4.79 Å². The molecule has 0 bridgehead atoms. The zero-order chi connectivity index (χ0) is 13.6. The largest absolute Gasteiger partial charge is 0.450 e. The van der Waals surface area contributed by atoms with E-state index in [1.54, 1.807) is 0 Å². The van der Waals surface area contributed by atoms with Crippen LogP contribution in [0.1, 0.15) is 25.7 Å². The van der Waals surface area contributed by atoms with E-state index in [0.29, 0.717) is 12.5 Å². The molecule has 0 aromatic rings. The minimum absolute atomic E-state index is 0.229. The van der Waals surface area contributed by atoms with Crippen LogP contribution in [0, 0.1) is 5.92 Å². The van der Waals surface area contributed by atoms with Crippen LogP contribution < -0.4 is 5.32 Å². The molecule has 1 aliphatic carbocycles. The van der Waals surface area contributed by atoms with Crippen LogP contribution in [-0.2, 0) is 4.74 Å². The molecule has 0 spiro atoms. The van der Waals surface area contributed by atoms with Crippen LogP contribution >= 0.6 is 0 Å². The number of carbonyl (C=O) groups excluding carboxylic acids is 1. The highest BCUT2D eigenvalue weighted by molar-refractivity contribution is 6.76. The van der Waals surface area contributed by atoms with E-state index in [1.807, 2.05) is 0 Å². The predicted molar refractivity (Wildman–Crippen MR) is 75.5 cm³/mol. The number of rotatable bonds is 5. The van der Waals surface area contributed by atoms with E-state index in [0.717, 1.165) is 31.7 Å². The van der Waals surface area contributed by atoms with Gasteiger partial charge >= 0.3 is 6.09 Å². The highest BCUT2D eigenvalue weighted by Gasteiger charge is 2.22. The smallest absolute Gasteiger partial charge is 0.407 e. The third-order valence-electron chi connectivity index (χ3n) is 3.51. The molecule has 0 aromatic carbocycles. The van der Waals surface area contributed by atoms with Crippen molar-refractivity contribution >= 4 is 14.2 Å². The summed E-state index contributed by atoms with van der Waals surface area (Å²) in [5.41, 5.74) is 0. The van der Waals surface area contributed by atoms with E-state index < -0.39 is 8.07 Å². The molecule has 0 aliphatic heterocycles. The van der Waals surface area contributed by atoms with Gasteiger partial charge in [0.2, 0.25) is 0 Å². The number of aliphatic hydroxyl groups is 1. The Morgan fingerprint density at radius 2 is 1.89 bits per heavy atom. The highest BCUT2D eigenvalue weighted by Crippen LogP contribution is 2.23. The Balaban J connectivity index is 2.13. The molecule has 0 saturated heterocycles. The first kappa shape index (κ1) is 15.5. The maximum absolute atomic E-state index is 11.6. The minimum Gasteiger partial charge on any atom is -0.450 e. The Hall–Kier alpha value is -0.553. The Morgan fingerprint density at radius 3 is 2.39 bits per heavy atom. The van der Waals surface area contributed by atoms with E-state index in [1.165, 1.54) is 0 Å². The van der Waals surface area contributed by atoms with Crippen LogP contribution in [0.2, 0.25) is 25.7 Å². The molecule has 0 atom stereocenters. The number of nitrogens with one attached hydrogen (secondary N) is 1. The lowest BCUT2D eigenvalue weighted by Gasteiger charge is -2.27. The Morgan fingerprint density at radius 1 is 1.28 bits per heavy atom. The third kappa shape index (κ3) is 6.40. The molecule has 0 unspecified atom stereocenters. The van der Waals surface area contributed by atoms with Gasteiger partial charge in [-0.15, -0.1) is 0 Å². The maximum Gasteiger partial charge on any atom is 0.407 e. The average molecular weight is 273 g/mol. The lowest BCUT2D eigenvalue weighted by Crippen LogP contribution is -2.38. The molecule has 0 aromatic heterocycles. The topological polar surface area (TPSA) is 58.6 Å². The summed E-state index contributed by atoms with van der Waals surface area (Å²) >= 11 is 0. The van der Waals surface area contributed by atoms with Crippen molar-refractivity contribution in [1.29, 1.82) is 0 Å². The van der Waals surface area contributed by atoms with Crippen molar-refractivity contribution in [1.82, 2.24) is 5.32 Å². The van der Waals surface area contributed by atoms with Crippen LogP contribution in [-0.4, -0.2) is 38.5 Å². The molecular weight excluding hydrogens is 246 g/mol. The molecule has 1 rings (SSSR count). The maximum atomic E-state index is 11.6. The molecule has 0 radical (unpaired) electrons. The molecular formula is C13H27NO3Si. The third-order valence-corrected chi connectivity index (χ3v) is 5.22. The second kappa shape index (κ2) is 7.14. The van der Waals surface area contributed by atoms with Crippen molar-refractivity contribution in [3.8, 4) is 0 Å². The van der Waals surface area contributed by atoms with Gasteiger partial charge in [-0.25, -0.2) is 4.79 Å². The Labute approximate surface area is 111 Å². The van der Waals surface area contributed by atoms with Crippen molar-refractivity contribution in [2.45, 2.75) is 57.4 Å². The van der Waals surface area contributed by atoms with E-state index >= 15 is 0 Å². The normalized spacial score (nSPS) is 24.7. The number of carbonyl (C=O) groups is 1. The van der Waals surface area contributed by atoms with Crippen molar-refractivity contribution < 1.29 is 14.6 Å². The summed E-state index contributed by atoms with van der Waals surface area (Å²) in [4.78, 5) is 11.6. The van der Waals surface area contributed by atoms with E-state index in [-0.39, 0.29) is 18.7 Å². The zero-order valence-corrected chi connectivity index (χ0v) is 12.9. The summed E-state index contributed by atoms with van der Waals surface area (Å²) in [6.45, 7) is 7.61. The van der Waals surface area contributed by atoms with Crippen LogP contribution in [0.15, 0.2) is 0 Å². The van der Waals surface area contributed by atoms with Gasteiger partial charge in [0.25, 0.3) is 0 Å². The van der Waals surface area contributed by atoms with Crippen molar-refractivity contribution in [3.63, 3.8) is 0 Å². The zero-order valence-electron chi connectivity index (χ0n) is 11.9. The molecule has 1 fully saturated rings. The summed E-state index contributed by atoms with van der Waals surface area (Å²) in [6, 6.07) is 1.24. The van der Waals surface area contributed by atoms with Gasteiger partial charge in [-0.2, -0.15) is 0 Å². The molecule has 1 saturated carbocycles. The molecule has 2 N–H and O–H groups in total.